The van der Waals surface area contributed by atoms with Crippen LogP contribution in [-0.4, -0.2) is 12.9 Å². The van der Waals surface area contributed by atoms with Crippen LogP contribution in [0, 0.1) is 0 Å². The second-order valence-electron chi connectivity index (χ2n) is 4.74. The van der Waals surface area contributed by atoms with Gasteiger partial charge in [-0.05, 0) is 19.1 Å². The molecule has 0 fully saturated rings. The molecular weight excluding hydrogens is 278 g/mol. The minimum atomic E-state index is 0.504. The van der Waals surface area contributed by atoms with Crippen LogP contribution in [0.5, 0.6) is 0 Å². The van der Waals surface area contributed by atoms with Crippen molar-refractivity contribution in [3.8, 4) is 11.3 Å². The number of aldehydes is 1. The molecule has 22 heavy (non-hydrogen) atoms. The fourth-order valence-corrected chi connectivity index (χ4v) is 2.19. The molecule has 0 saturated heterocycles. The number of nitrogens with zero attached hydrogens (tertiary/aromatic N) is 1. The van der Waals surface area contributed by atoms with Crippen molar-refractivity contribution < 1.29 is 14.0 Å². The first kappa shape index (κ1) is 14.1. The van der Waals surface area contributed by atoms with Gasteiger partial charge in [0.2, 0.25) is 0 Å². The minimum Gasteiger partial charge on any atom is -0.456 e. The Morgan fingerprint density at radius 3 is 2.64 bits per heavy atom. The van der Waals surface area contributed by atoms with Crippen LogP contribution in [0.15, 0.2) is 64.2 Å². The van der Waals surface area contributed by atoms with E-state index in [-0.39, 0.29) is 0 Å². The largest absolute Gasteiger partial charge is 0.456 e. The Balaban J connectivity index is 2.19. The van der Waals surface area contributed by atoms with Crippen LogP contribution >= 0.6 is 0 Å². The average molecular weight is 293 g/mol. The monoisotopic (exact) mass is 293 g/mol. The summed E-state index contributed by atoms with van der Waals surface area (Å²) in [6.45, 7) is 2.39. The number of carbonyl (C=O) groups excluding carboxylic acids is 1. The zero-order valence-electron chi connectivity index (χ0n) is 12.2. The molecular formula is C18H15NO3. The van der Waals surface area contributed by atoms with Gasteiger partial charge in [0.25, 0.3) is 0 Å². The molecule has 110 valence electrons. The fraction of sp³-hybridized carbons (Fsp3) is 0.111. The van der Waals surface area contributed by atoms with Gasteiger partial charge in [0.15, 0.2) is 0 Å². The number of hydrogen-bond donors (Lipinski definition) is 0. The van der Waals surface area contributed by atoms with Crippen molar-refractivity contribution in [2.75, 3.05) is 6.61 Å². The number of rotatable bonds is 4. The maximum atomic E-state index is 10.7. The first-order valence-electron chi connectivity index (χ1n) is 7.06. The SMILES string of the molecule is CCON=c1cc(-c2ccc(C=O)cc2)oc2ccccc12. The van der Waals surface area contributed by atoms with Crippen LogP contribution in [0.3, 0.4) is 0 Å². The molecule has 0 aliphatic rings. The summed E-state index contributed by atoms with van der Waals surface area (Å²) in [6.07, 6.45) is 0.817. The van der Waals surface area contributed by atoms with Gasteiger partial charge in [-0.15, -0.1) is 0 Å². The lowest BCUT2D eigenvalue weighted by Crippen LogP contribution is -2.04. The lowest BCUT2D eigenvalue weighted by Gasteiger charge is -2.05. The second kappa shape index (κ2) is 6.26. The lowest BCUT2D eigenvalue weighted by molar-refractivity contribution is 0.112. The van der Waals surface area contributed by atoms with E-state index >= 15 is 0 Å². The predicted molar refractivity (Wildman–Crippen MR) is 84.2 cm³/mol. The van der Waals surface area contributed by atoms with Gasteiger partial charge in [0, 0.05) is 22.6 Å². The van der Waals surface area contributed by atoms with Gasteiger partial charge in [-0.1, -0.05) is 41.6 Å². The quantitative estimate of drug-likeness (QED) is 0.543. The van der Waals surface area contributed by atoms with Gasteiger partial charge in [0.05, 0.1) is 0 Å². The maximum Gasteiger partial charge on any atom is 0.150 e. The summed E-state index contributed by atoms with van der Waals surface area (Å²) in [6, 6.07) is 16.7. The highest BCUT2D eigenvalue weighted by Crippen LogP contribution is 2.22. The number of carbonyl (C=O) groups is 1. The van der Waals surface area contributed by atoms with Gasteiger partial charge >= 0.3 is 0 Å². The van der Waals surface area contributed by atoms with E-state index in [2.05, 4.69) is 5.16 Å². The Morgan fingerprint density at radius 2 is 1.91 bits per heavy atom. The number of para-hydroxylation sites is 1. The Bertz CT molecular complexity index is 863. The molecule has 0 atom stereocenters. The van der Waals surface area contributed by atoms with Crippen LogP contribution in [0.1, 0.15) is 17.3 Å². The van der Waals surface area contributed by atoms with E-state index in [0.717, 1.165) is 28.2 Å². The smallest absolute Gasteiger partial charge is 0.150 e. The molecule has 2 aromatic carbocycles. The van der Waals surface area contributed by atoms with Crippen molar-refractivity contribution in [3.05, 3.63) is 65.5 Å². The summed E-state index contributed by atoms with van der Waals surface area (Å²) in [4.78, 5) is 15.9. The summed E-state index contributed by atoms with van der Waals surface area (Å²) in [5.41, 5.74) is 2.24. The molecule has 3 aromatic rings. The third-order valence-corrected chi connectivity index (χ3v) is 3.27. The summed E-state index contributed by atoms with van der Waals surface area (Å²) in [5, 5.41) is 5.77. The van der Waals surface area contributed by atoms with Gasteiger partial charge in [-0.25, -0.2) is 0 Å². The highest BCUT2D eigenvalue weighted by atomic mass is 16.6. The topological polar surface area (TPSA) is 51.8 Å². The van der Waals surface area contributed by atoms with Gasteiger partial charge in [-0.2, -0.15) is 0 Å². The van der Waals surface area contributed by atoms with E-state index in [4.69, 9.17) is 9.25 Å². The van der Waals surface area contributed by atoms with Gasteiger partial charge in [0.1, 0.15) is 29.6 Å². The highest BCUT2D eigenvalue weighted by Gasteiger charge is 2.06. The van der Waals surface area contributed by atoms with Crippen LogP contribution < -0.4 is 5.36 Å². The van der Waals surface area contributed by atoms with E-state index in [0.29, 0.717) is 17.9 Å². The number of fused-ring (bicyclic) bond motifs is 1. The van der Waals surface area contributed by atoms with Crippen molar-refractivity contribution in [3.63, 3.8) is 0 Å². The molecule has 0 spiro atoms. The van der Waals surface area contributed by atoms with Crippen molar-refractivity contribution in [1.29, 1.82) is 0 Å². The molecule has 1 heterocycles. The molecule has 0 N–H and O–H groups in total. The Morgan fingerprint density at radius 1 is 1.14 bits per heavy atom. The van der Waals surface area contributed by atoms with Crippen molar-refractivity contribution in [2.45, 2.75) is 6.92 Å². The van der Waals surface area contributed by atoms with Crippen LogP contribution in [-0.2, 0) is 4.84 Å². The van der Waals surface area contributed by atoms with E-state index in [1.54, 1.807) is 12.1 Å². The first-order valence-corrected chi connectivity index (χ1v) is 7.06. The highest BCUT2D eigenvalue weighted by molar-refractivity contribution is 5.79. The van der Waals surface area contributed by atoms with Crippen molar-refractivity contribution in [2.24, 2.45) is 5.16 Å². The predicted octanol–water partition coefficient (Wildman–Crippen LogP) is 3.76. The normalized spacial score (nSPS) is 11.6. The van der Waals surface area contributed by atoms with E-state index in [9.17, 15) is 4.79 Å². The minimum absolute atomic E-state index is 0.504. The third-order valence-electron chi connectivity index (χ3n) is 3.27. The standard InChI is InChI=1S/C18H15NO3/c1-2-21-19-16-11-18(14-9-7-13(12-20)8-10-14)22-17-6-4-3-5-15(16)17/h3-12H,2H2,1H3. The molecule has 0 saturated carbocycles. The molecule has 4 nitrogen and oxygen atoms in total. The number of hydrogen-bond acceptors (Lipinski definition) is 4. The van der Waals surface area contributed by atoms with Crippen LogP contribution in [0.2, 0.25) is 0 Å². The lowest BCUT2D eigenvalue weighted by atomic mass is 10.1. The van der Waals surface area contributed by atoms with Gasteiger partial charge in [-0.3, -0.25) is 4.79 Å². The molecule has 0 unspecified atom stereocenters. The average Bonchev–Trinajstić information content (AvgIpc) is 2.59. The van der Waals surface area contributed by atoms with Crippen LogP contribution in [0.25, 0.3) is 22.3 Å². The molecule has 0 aliphatic heterocycles. The zero-order chi connectivity index (χ0) is 15.4. The molecule has 0 aliphatic carbocycles. The van der Waals surface area contributed by atoms with Gasteiger partial charge < -0.3 is 9.25 Å². The van der Waals surface area contributed by atoms with E-state index in [1.165, 1.54) is 0 Å². The third kappa shape index (κ3) is 2.76. The van der Waals surface area contributed by atoms with Crippen molar-refractivity contribution >= 4 is 17.3 Å². The second-order valence-corrected chi connectivity index (χ2v) is 4.74. The van der Waals surface area contributed by atoms with E-state index < -0.39 is 0 Å². The van der Waals surface area contributed by atoms with E-state index in [1.807, 2.05) is 49.4 Å². The molecule has 0 bridgehead atoms. The first-order chi connectivity index (χ1) is 10.8. The molecule has 3 rings (SSSR count). The Kier molecular flexibility index (Phi) is 4.01. The molecule has 0 radical (unpaired) electrons. The summed E-state index contributed by atoms with van der Waals surface area (Å²) in [7, 11) is 0. The number of benzene rings is 2. The Labute approximate surface area is 127 Å². The maximum absolute atomic E-state index is 10.7. The molecule has 1 aromatic heterocycles. The summed E-state index contributed by atoms with van der Waals surface area (Å²) < 4.78 is 5.94. The van der Waals surface area contributed by atoms with Crippen molar-refractivity contribution in [1.82, 2.24) is 0 Å². The molecule has 4 heteroatoms. The summed E-state index contributed by atoms with van der Waals surface area (Å²) in [5.74, 6) is 0.676. The fourth-order valence-electron chi connectivity index (χ4n) is 2.19. The van der Waals surface area contributed by atoms with Crippen LogP contribution in [0.4, 0.5) is 0 Å². The Hall–Kier alpha value is -2.88. The summed E-state index contributed by atoms with van der Waals surface area (Å²) >= 11 is 0. The molecule has 0 amide bonds. The zero-order valence-corrected chi connectivity index (χ0v) is 12.2.